The van der Waals surface area contributed by atoms with Crippen molar-refractivity contribution in [1.82, 2.24) is 20.6 Å². The Labute approximate surface area is 141 Å². The SMILES string of the molecule is CCOCCC1(C(=O)Nc2ccc(-c3nn[nH]n3)cc2)CCCC1. The second-order valence-corrected chi connectivity index (χ2v) is 6.20. The molecule has 7 heteroatoms. The summed E-state index contributed by atoms with van der Waals surface area (Å²) in [4.78, 5) is 12.8. The fraction of sp³-hybridized carbons (Fsp3) is 0.529. The lowest BCUT2D eigenvalue weighted by atomic mass is 9.82. The van der Waals surface area contributed by atoms with Crippen molar-refractivity contribution in [1.29, 1.82) is 0 Å². The summed E-state index contributed by atoms with van der Waals surface area (Å²) in [5, 5.41) is 16.9. The molecule has 1 aromatic heterocycles. The summed E-state index contributed by atoms with van der Waals surface area (Å²) in [5.74, 6) is 0.642. The predicted octanol–water partition coefficient (Wildman–Crippen LogP) is 2.79. The van der Waals surface area contributed by atoms with Crippen LogP contribution in [0.3, 0.4) is 0 Å². The van der Waals surface area contributed by atoms with Gasteiger partial charge in [0.1, 0.15) is 0 Å². The molecule has 0 unspecified atom stereocenters. The number of anilines is 1. The number of hydrogen-bond donors (Lipinski definition) is 2. The molecule has 1 saturated carbocycles. The summed E-state index contributed by atoms with van der Waals surface area (Å²) in [7, 11) is 0. The molecule has 0 bridgehead atoms. The molecule has 1 heterocycles. The molecule has 3 rings (SSSR count). The van der Waals surface area contributed by atoms with Gasteiger partial charge in [0.15, 0.2) is 0 Å². The number of benzene rings is 1. The molecule has 0 aliphatic heterocycles. The summed E-state index contributed by atoms with van der Waals surface area (Å²) >= 11 is 0. The van der Waals surface area contributed by atoms with Gasteiger partial charge in [0.2, 0.25) is 11.7 Å². The van der Waals surface area contributed by atoms with E-state index in [2.05, 4.69) is 25.9 Å². The molecule has 0 radical (unpaired) electrons. The van der Waals surface area contributed by atoms with Crippen molar-refractivity contribution in [2.75, 3.05) is 18.5 Å². The number of nitrogens with one attached hydrogen (secondary N) is 2. The van der Waals surface area contributed by atoms with Gasteiger partial charge in [0, 0.05) is 24.5 Å². The number of amides is 1. The Morgan fingerprint density at radius 2 is 2.04 bits per heavy atom. The van der Waals surface area contributed by atoms with Crippen LogP contribution in [0.15, 0.2) is 24.3 Å². The maximum atomic E-state index is 12.8. The highest BCUT2D eigenvalue weighted by molar-refractivity contribution is 5.95. The lowest BCUT2D eigenvalue weighted by Crippen LogP contribution is -2.35. The molecule has 1 fully saturated rings. The molecule has 128 valence electrons. The van der Waals surface area contributed by atoms with Crippen LogP contribution in [0.2, 0.25) is 0 Å². The first-order valence-corrected chi connectivity index (χ1v) is 8.47. The summed E-state index contributed by atoms with van der Waals surface area (Å²) in [6.07, 6.45) is 4.87. The van der Waals surface area contributed by atoms with E-state index in [1.165, 1.54) is 0 Å². The molecule has 2 aromatic rings. The van der Waals surface area contributed by atoms with Gasteiger partial charge in [-0.25, -0.2) is 0 Å². The second-order valence-electron chi connectivity index (χ2n) is 6.20. The van der Waals surface area contributed by atoms with Crippen LogP contribution in [-0.4, -0.2) is 39.7 Å². The van der Waals surface area contributed by atoms with Gasteiger partial charge in [-0.05, 0) is 55.7 Å². The zero-order valence-corrected chi connectivity index (χ0v) is 13.9. The first-order chi connectivity index (χ1) is 11.7. The van der Waals surface area contributed by atoms with Crippen LogP contribution in [0.1, 0.15) is 39.0 Å². The molecule has 24 heavy (non-hydrogen) atoms. The maximum Gasteiger partial charge on any atom is 0.230 e. The van der Waals surface area contributed by atoms with Crippen molar-refractivity contribution in [3.05, 3.63) is 24.3 Å². The average molecular weight is 329 g/mol. The standard InChI is InChI=1S/C17H23N5O2/c1-2-24-12-11-17(9-3-4-10-17)16(23)18-14-7-5-13(6-8-14)15-19-21-22-20-15/h5-8H,2-4,9-12H2,1H3,(H,18,23)(H,19,20,21,22). The highest BCUT2D eigenvalue weighted by Crippen LogP contribution is 2.42. The smallest absolute Gasteiger partial charge is 0.230 e. The summed E-state index contributed by atoms with van der Waals surface area (Å²) in [5.41, 5.74) is 1.35. The minimum absolute atomic E-state index is 0.104. The van der Waals surface area contributed by atoms with Gasteiger partial charge >= 0.3 is 0 Å². The van der Waals surface area contributed by atoms with Crippen molar-refractivity contribution < 1.29 is 9.53 Å². The zero-order valence-electron chi connectivity index (χ0n) is 13.9. The number of carbonyl (C=O) groups excluding carboxylic acids is 1. The molecular formula is C17H23N5O2. The van der Waals surface area contributed by atoms with Gasteiger partial charge in [0.05, 0.1) is 5.41 Å². The molecule has 2 N–H and O–H groups in total. The van der Waals surface area contributed by atoms with Crippen molar-refractivity contribution >= 4 is 11.6 Å². The summed E-state index contributed by atoms with van der Waals surface area (Å²) in [6, 6.07) is 7.49. The minimum Gasteiger partial charge on any atom is -0.382 e. The van der Waals surface area contributed by atoms with Gasteiger partial charge in [-0.3, -0.25) is 4.79 Å². The van der Waals surface area contributed by atoms with Crippen LogP contribution in [0.5, 0.6) is 0 Å². The van der Waals surface area contributed by atoms with Gasteiger partial charge in [-0.15, -0.1) is 10.2 Å². The lowest BCUT2D eigenvalue weighted by molar-refractivity contribution is -0.126. The number of tetrazole rings is 1. The summed E-state index contributed by atoms with van der Waals surface area (Å²) < 4.78 is 5.48. The van der Waals surface area contributed by atoms with E-state index >= 15 is 0 Å². The van der Waals surface area contributed by atoms with Crippen LogP contribution < -0.4 is 5.32 Å². The van der Waals surface area contributed by atoms with E-state index in [-0.39, 0.29) is 11.3 Å². The second kappa shape index (κ2) is 7.53. The Bertz CT molecular complexity index is 648. The Morgan fingerprint density at radius 1 is 1.29 bits per heavy atom. The van der Waals surface area contributed by atoms with E-state index in [4.69, 9.17) is 4.74 Å². The Kier molecular flexibility index (Phi) is 5.20. The number of ether oxygens (including phenoxy) is 1. The minimum atomic E-state index is -0.290. The fourth-order valence-corrected chi connectivity index (χ4v) is 3.30. The summed E-state index contributed by atoms with van der Waals surface area (Å²) in [6.45, 7) is 3.31. The quantitative estimate of drug-likeness (QED) is 0.762. The van der Waals surface area contributed by atoms with Crippen molar-refractivity contribution in [2.24, 2.45) is 5.41 Å². The van der Waals surface area contributed by atoms with Crippen LogP contribution in [0.4, 0.5) is 5.69 Å². The van der Waals surface area contributed by atoms with E-state index in [1.54, 1.807) is 0 Å². The topological polar surface area (TPSA) is 92.8 Å². The van der Waals surface area contributed by atoms with Crippen molar-refractivity contribution in [2.45, 2.75) is 39.0 Å². The van der Waals surface area contributed by atoms with Gasteiger partial charge in [0.25, 0.3) is 0 Å². The molecule has 1 aliphatic carbocycles. The van der Waals surface area contributed by atoms with Gasteiger partial charge in [-0.1, -0.05) is 12.8 Å². The normalized spacial score (nSPS) is 16.2. The van der Waals surface area contributed by atoms with Crippen LogP contribution >= 0.6 is 0 Å². The number of H-pyrrole nitrogens is 1. The van der Waals surface area contributed by atoms with E-state index in [0.29, 0.717) is 19.0 Å². The zero-order chi connectivity index (χ0) is 16.8. The number of aromatic amines is 1. The third-order valence-corrected chi connectivity index (χ3v) is 4.72. The molecule has 1 amide bonds. The van der Waals surface area contributed by atoms with E-state index in [9.17, 15) is 4.79 Å². The average Bonchev–Trinajstić information content (AvgIpc) is 3.28. The van der Waals surface area contributed by atoms with Crippen molar-refractivity contribution in [3.8, 4) is 11.4 Å². The third kappa shape index (κ3) is 3.62. The Hall–Kier alpha value is -2.28. The molecule has 1 aromatic carbocycles. The Morgan fingerprint density at radius 3 is 2.67 bits per heavy atom. The van der Waals surface area contributed by atoms with E-state index < -0.39 is 0 Å². The number of carbonyl (C=O) groups is 1. The highest BCUT2D eigenvalue weighted by atomic mass is 16.5. The van der Waals surface area contributed by atoms with Crippen molar-refractivity contribution in [3.63, 3.8) is 0 Å². The van der Waals surface area contributed by atoms with E-state index in [1.807, 2.05) is 31.2 Å². The molecule has 7 nitrogen and oxygen atoms in total. The maximum absolute atomic E-state index is 12.8. The Balaban J connectivity index is 1.66. The monoisotopic (exact) mass is 329 g/mol. The third-order valence-electron chi connectivity index (χ3n) is 4.72. The first kappa shape index (κ1) is 16.6. The molecular weight excluding hydrogens is 306 g/mol. The largest absolute Gasteiger partial charge is 0.382 e. The van der Waals surface area contributed by atoms with Crippen LogP contribution in [-0.2, 0) is 9.53 Å². The molecule has 0 saturated heterocycles. The molecule has 0 spiro atoms. The first-order valence-electron chi connectivity index (χ1n) is 8.47. The molecule has 0 atom stereocenters. The highest BCUT2D eigenvalue weighted by Gasteiger charge is 2.40. The number of nitrogens with zero attached hydrogens (tertiary/aromatic N) is 3. The number of aromatic nitrogens is 4. The van der Waals surface area contributed by atoms with E-state index in [0.717, 1.165) is 43.4 Å². The fourth-order valence-electron chi connectivity index (χ4n) is 3.30. The number of rotatable bonds is 7. The molecule has 1 aliphatic rings. The van der Waals surface area contributed by atoms with Gasteiger partial charge in [-0.2, -0.15) is 5.21 Å². The predicted molar refractivity (Wildman–Crippen MR) is 90.3 cm³/mol. The lowest BCUT2D eigenvalue weighted by Gasteiger charge is -2.27. The number of hydrogen-bond acceptors (Lipinski definition) is 5. The van der Waals surface area contributed by atoms with Crippen LogP contribution in [0.25, 0.3) is 11.4 Å². The van der Waals surface area contributed by atoms with Crippen LogP contribution in [0, 0.1) is 5.41 Å². The van der Waals surface area contributed by atoms with Gasteiger partial charge < -0.3 is 10.1 Å².